The van der Waals surface area contributed by atoms with Crippen molar-refractivity contribution in [3.8, 4) is 0 Å². The zero-order valence-electron chi connectivity index (χ0n) is 5.52. The Bertz CT molecular complexity index is 147. The molecule has 1 radical (unpaired) electrons. The molecule has 1 heterocycles. The van der Waals surface area contributed by atoms with E-state index in [0.717, 1.165) is 6.42 Å². The van der Waals surface area contributed by atoms with Crippen LogP contribution >= 0.6 is 0 Å². The Morgan fingerprint density at radius 1 is 1.80 bits per heavy atom. The number of rotatable bonds is 3. The summed E-state index contributed by atoms with van der Waals surface area (Å²) < 4.78 is 0. The van der Waals surface area contributed by atoms with Crippen LogP contribution in [0.4, 0.5) is 0 Å². The van der Waals surface area contributed by atoms with E-state index in [4.69, 9.17) is 0 Å². The number of carbonyl (C=O) groups excluding carboxylic acids is 2. The summed E-state index contributed by atoms with van der Waals surface area (Å²) >= 11 is 0. The number of nitrogens with one attached hydrogen (secondary N) is 2. The highest BCUT2D eigenvalue weighted by Crippen LogP contribution is 2.04. The van der Waals surface area contributed by atoms with Gasteiger partial charge in [0.2, 0.25) is 5.91 Å². The molecule has 1 fully saturated rings. The summed E-state index contributed by atoms with van der Waals surface area (Å²) in [5.74, 6) is 0.0673. The van der Waals surface area contributed by atoms with E-state index >= 15 is 0 Å². The third-order valence-corrected chi connectivity index (χ3v) is 1.51. The first-order valence-corrected chi connectivity index (χ1v) is 3.22. The first-order valence-electron chi connectivity index (χ1n) is 3.22. The second kappa shape index (κ2) is 3.20. The highest BCUT2D eigenvalue weighted by Gasteiger charge is 2.19. The van der Waals surface area contributed by atoms with Gasteiger partial charge in [-0.1, -0.05) is 0 Å². The summed E-state index contributed by atoms with van der Waals surface area (Å²) in [6, 6.07) is 0.119. The molecule has 2 amide bonds. The summed E-state index contributed by atoms with van der Waals surface area (Å²) in [6.07, 6.45) is 2.95. The number of hydrogen-bond donors (Lipinski definition) is 2. The first kappa shape index (κ1) is 7.05. The zero-order valence-corrected chi connectivity index (χ0v) is 5.52. The SMILES string of the molecule is O=[C]NCC1CCC(=O)N1. The van der Waals surface area contributed by atoms with Crippen molar-refractivity contribution in [1.82, 2.24) is 10.6 Å². The molecule has 0 aliphatic carbocycles. The average Bonchev–Trinajstić information content (AvgIpc) is 2.31. The lowest BCUT2D eigenvalue weighted by molar-refractivity contribution is -0.119. The minimum Gasteiger partial charge on any atom is -0.352 e. The Hall–Kier alpha value is -1.06. The van der Waals surface area contributed by atoms with Crippen molar-refractivity contribution in [2.75, 3.05) is 6.54 Å². The van der Waals surface area contributed by atoms with Gasteiger partial charge >= 0.3 is 6.41 Å². The van der Waals surface area contributed by atoms with E-state index in [2.05, 4.69) is 10.6 Å². The molecule has 1 saturated heterocycles. The molecule has 1 rings (SSSR count). The molecule has 1 atom stereocenters. The van der Waals surface area contributed by atoms with Gasteiger partial charge in [-0.15, -0.1) is 0 Å². The lowest BCUT2D eigenvalue weighted by atomic mass is 10.2. The molecule has 4 heteroatoms. The molecule has 55 valence electrons. The van der Waals surface area contributed by atoms with Gasteiger partial charge in [0.25, 0.3) is 0 Å². The monoisotopic (exact) mass is 141 g/mol. The Morgan fingerprint density at radius 3 is 3.10 bits per heavy atom. The maximum absolute atomic E-state index is 10.6. The van der Waals surface area contributed by atoms with Crippen molar-refractivity contribution in [2.45, 2.75) is 18.9 Å². The van der Waals surface area contributed by atoms with Crippen molar-refractivity contribution in [3.63, 3.8) is 0 Å². The second-order valence-corrected chi connectivity index (χ2v) is 2.29. The smallest absolute Gasteiger partial charge is 0.309 e. The molecule has 1 unspecified atom stereocenters. The largest absolute Gasteiger partial charge is 0.352 e. The molecule has 0 aromatic rings. The fraction of sp³-hybridized carbons (Fsp3) is 0.667. The van der Waals surface area contributed by atoms with E-state index < -0.39 is 0 Å². The standard InChI is InChI=1S/C6H9N2O2/c9-4-7-3-5-1-2-6(10)8-5/h5H,1-3H2,(H,7,9)(H,8,10). The predicted molar refractivity (Wildman–Crippen MR) is 34.9 cm³/mol. The van der Waals surface area contributed by atoms with Crippen LogP contribution in [-0.4, -0.2) is 24.9 Å². The highest BCUT2D eigenvalue weighted by molar-refractivity contribution is 5.78. The summed E-state index contributed by atoms with van der Waals surface area (Å²) in [5.41, 5.74) is 0. The van der Waals surface area contributed by atoms with Crippen molar-refractivity contribution in [1.29, 1.82) is 0 Å². The average molecular weight is 141 g/mol. The van der Waals surface area contributed by atoms with Gasteiger partial charge in [-0.25, -0.2) is 0 Å². The fourth-order valence-corrected chi connectivity index (χ4v) is 0.995. The Morgan fingerprint density at radius 2 is 2.60 bits per heavy atom. The van der Waals surface area contributed by atoms with Crippen LogP contribution in [0.2, 0.25) is 0 Å². The summed E-state index contributed by atoms with van der Waals surface area (Å²) in [4.78, 5) is 20.3. The van der Waals surface area contributed by atoms with Gasteiger partial charge in [-0.05, 0) is 6.42 Å². The van der Waals surface area contributed by atoms with Crippen LogP contribution in [-0.2, 0) is 9.59 Å². The molecule has 0 aromatic heterocycles. The molecule has 0 spiro atoms. The third kappa shape index (κ3) is 1.72. The summed E-state index contributed by atoms with van der Waals surface area (Å²) in [6.45, 7) is 0.495. The van der Waals surface area contributed by atoms with Crippen LogP contribution < -0.4 is 10.6 Å². The molecule has 4 nitrogen and oxygen atoms in total. The zero-order chi connectivity index (χ0) is 7.40. The van der Waals surface area contributed by atoms with E-state index in [1.54, 1.807) is 6.41 Å². The third-order valence-electron chi connectivity index (χ3n) is 1.51. The lowest BCUT2D eigenvalue weighted by Gasteiger charge is -2.06. The molecule has 0 aromatic carbocycles. The molecule has 1 aliphatic rings. The van der Waals surface area contributed by atoms with Crippen LogP contribution in [0.1, 0.15) is 12.8 Å². The molecule has 2 N–H and O–H groups in total. The van der Waals surface area contributed by atoms with Gasteiger partial charge in [0, 0.05) is 19.0 Å². The van der Waals surface area contributed by atoms with Gasteiger partial charge in [0.1, 0.15) is 0 Å². The van der Waals surface area contributed by atoms with Crippen LogP contribution in [0.25, 0.3) is 0 Å². The minimum atomic E-state index is 0.0673. The van der Waals surface area contributed by atoms with E-state index in [9.17, 15) is 9.59 Å². The van der Waals surface area contributed by atoms with Gasteiger partial charge in [0.05, 0.1) is 0 Å². The fourth-order valence-electron chi connectivity index (χ4n) is 0.995. The maximum atomic E-state index is 10.6. The van der Waals surface area contributed by atoms with Crippen LogP contribution in [0, 0.1) is 0 Å². The Balaban J connectivity index is 2.18. The van der Waals surface area contributed by atoms with Crippen LogP contribution in [0.5, 0.6) is 0 Å². The van der Waals surface area contributed by atoms with Gasteiger partial charge in [-0.2, -0.15) is 0 Å². The topological polar surface area (TPSA) is 58.2 Å². The summed E-state index contributed by atoms with van der Waals surface area (Å²) in [7, 11) is 0. The molecular weight excluding hydrogens is 132 g/mol. The number of carbonyl (C=O) groups is 1. The van der Waals surface area contributed by atoms with Crippen molar-refractivity contribution in [2.24, 2.45) is 0 Å². The summed E-state index contributed by atoms with van der Waals surface area (Å²) in [5, 5.41) is 5.10. The van der Waals surface area contributed by atoms with Crippen LogP contribution in [0.3, 0.4) is 0 Å². The molecule has 0 bridgehead atoms. The lowest BCUT2D eigenvalue weighted by Crippen LogP contribution is -2.34. The van der Waals surface area contributed by atoms with Gasteiger partial charge in [-0.3, -0.25) is 9.59 Å². The van der Waals surface area contributed by atoms with E-state index in [-0.39, 0.29) is 11.9 Å². The molecule has 0 saturated carbocycles. The van der Waals surface area contributed by atoms with E-state index in [1.165, 1.54) is 0 Å². The number of amides is 2. The van der Waals surface area contributed by atoms with E-state index in [0.29, 0.717) is 13.0 Å². The van der Waals surface area contributed by atoms with Crippen molar-refractivity contribution in [3.05, 3.63) is 0 Å². The van der Waals surface area contributed by atoms with Gasteiger partial charge in [0.15, 0.2) is 0 Å². The second-order valence-electron chi connectivity index (χ2n) is 2.29. The van der Waals surface area contributed by atoms with Crippen molar-refractivity contribution >= 4 is 12.3 Å². The maximum Gasteiger partial charge on any atom is 0.309 e. The molecular formula is C6H9N2O2. The minimum absolute atomic E-state index is 0.0673. The molecule has 10 heavy (non-hydrogen) atoms. The number of hydrogen-bond acceptors (Lipinski definition) is 2. The van der Waals surface area contributed by atoms with E-state index in [1.807, 2.05) is 0 Å². The Labute approximate surface area is 59.0 Å². The predicted octanol–water partition coefficient (Wildman–Crippen LogP) is -1.08. The first-order chi connectivity index (χ1) is 4.83. The molecule has 1 aliphatic heterocycles. The van der Waals surface area contributed by atoms with Crippen molar-refractivity contribution < 1.29 is 9.59 Å². The van der Waals surface area contributed by atoms with Gasteiger partial charge < -0.3 is 10.6 Å². The van der Waals surface area contributed by atoms with Crippen LogP contribution in [0.15, 0.2) is 0 Å². The quantitative estimate of drug-likeness (QED) is 0.491. The highest BCUT2D eigenvalue weighted by atomic mass is 16.2. The normalized spacial score (nSPS) is 24.0. The Kier molecular flexibility index (Phi) is 2.25.